The van der Waals surface area contributed by atoms with Crippen LogP contribution in [0.4, 0.5) is 0 Å². The van der Waals surface area contributed by atoms with E-state index < -0.39 is 0 Å². The van der Waals surface area contributed by atoms with Crippen molar-refractivity contribution in [2.24, 2.45) is 5.73 Å². The van der Waals surface area contributed by atoms with E-state index in [0.717, 1.165) is 19.3 Å². The smallest absolute Gasteiger partial charge is 0.174 e. The van der Waals surface area contributed by atoms with Crippen LogP contribution >= 0.6 is 39.2 Å². The Morgan fingerprint density at radius 3 is 2.88 bits per heavy atom. The largest absolute Gasteiger partial charge is 0.324 e. The van der Waals surface area contributed by atoms with E-state index in [1.807, 2.05) is 19.1 Å². The maximum absolute atomic E-state index is 5.82. The molecule has 0 aliphatic rings. The van der Waals surface area contributed by atoms with Crippen LogP contribution in [0.2, 0.25) is 0 Å². The van der Waals surface area contributed by atoms with Crippen molar-refractivity contribution in [2.75, 3.05) is 0 Å². The lowest BCUT2D eigenvalue weighted by molar-refractivity contribution is 0.815. The number of nitrogens with two attached hydrogens (primary N) is 1. The Labute approximate surface area is 111 Å². The van der Waals surface area contributed by atoms with E-state index in [1.165, 1.54) is 11.5 Å². The van der Waals surface area contributed by atoms with Crippen molar-refractivity contribution >= 4 is 39.2 Å². The molecule has 0 spiro atoms. The Hall–Kier alpha value is -0.430. The fourth-order valence-corrected chi connectivity index (χ4v) is 3.23. The van der Waals surface area contributed by atoms with Crippen LogP contribution in [0.3, 0.4) is 0 Å². The molecule has 1 aromatic carbocycles. The predicted octanol–water partition coefficient (Wildman–Crippen LogP) is 3.47. The molecule has 0 saturated heterocycles. The first-order valence-electron chi connectivity index (χ1n) is 4.66. The van der Waals surface area contributed by atoms with Crippen LogP contribution in [0.5, 0.6) is 0 Å². The number of hydrogen-bond acceptors (Lipinski definition) is 5. The van der Waals surface area contributed by atoms with Gasteiger partial charge in [-0.05, 0) is 52.1 Å². The van der Waals surface area contributed by atoms with Crippen molar-refractivity contribution in [3.63, 3.8) is 0 Å². The molecular formula is C10H10BrN3S2. The second-order valence-corrected chi connectivity index (χ2v) is 6.21. The minimum absolute atomic E-state index is 0.0527. The SMILES string of the molecule is C[C@H](N)c1ccc(Sc2ncns2)c(Br)c1. The number of hydrogen-bond donors (Lipinski definition) is 1. The third kappa shape index (κ3) is 2.82. The van der Waals surface area contributed by atoms with Crippen LogP contribution in [0.15, 0.2) is 38.2 Å². The van der Waals surface area contributed by atoms with E-state index in [2.05, 4.69) is 31.4 Å². The van der Waals surface area contributed by atoms with Gasteiger partial charge in [0.05, 0.1) is 0 Å². The first-order chi connectivity index (χ1) is 7.66. The van der Waals surface area contributed by atoms with Gasteiger partial charge in [-0.15, -0.1) is 0 Å². The third-order valence-electron chi connectivity index (χ3n) is 2.02. The number of rotatable bonds is 3. The average molecular weight is 316 g/mol. The molecule has 1 atom stereocenters. The Bertz CT molecular complexity index is 471. The van der Waals surface area contributed by atoms with E-state index in [0.29, 0.717) is 0 Å². The molecule has 16 heavy (non-hydrogen) atoms. The highest BCUT2D eigenvalue weighted by Gasteiger charge is 2.07. The second-order valence-electron chi connectivity index (χ2n) is 3.29. The lowest BCUT2D eigenvalue weighted by atomic mass is 10.1. The summed E-state index contributed by atoms with van der Waals surface area (Å²) < 4.78 is 5.95. The third-order valence-corrected chi connectivity index (χ3v) is 4.73. The van der Waals surface area contributed by atoms with E-state index >= 15 is 0 Å². The molecule has 0 aliphatic heterocycles. The molecule has 3 nitrogen and oxygen atoms in total. The Morgan fingerprint density at radius 1 is 1.50 bits per heavy atom. The predicted molar refractivity (Wildman–Crippen MR) is 70.8 cm³/mol. The highest BCUT2D eigenvalue weighted by atomic mass is 79.9. The zero-order chi connectivity index (χ0) is 11.5. The highest BCUT2D eigenvalue weighted by Crippen LogP contribution is 2.34. The minimum Gasteiger partial charge on any atom is -0.324 e. The Balaban J connectivity index is 2.23. The van der Waals surface area contributed by atoms with Gasteiger partial charge in [0.1, 0.15) is 6.33 Å². The fraction of sp³-hybridized carbons (Fsp3) is 0.200. The van der Waals surface area contributed by atoms with Gasteiger partial charge in [0.15, 0.2) is 4.34 Å². The van der Waals surface area contributed by atoms with Crippen molar-refractivity contribution in [3.05, 3.63) is 34.6 Å². The molecule has 2 N–H and O–H groups in total. The van der Waals surface area contributed by atoms with Gasteiger partial charge < -0.3 is 5.73 Å². The normalized spacial score (nSPS) is 12.7. The molecule has 0 aliphatic carbocycles. The van der Waals surface area contributed by atoms with Crippen LogP contribution in [0.1, 0.15) is 18.5 Å². The molecule has 0 bridgehead atoms. The molecule has 6 heteroatoms. The molecule has 0 unspecified atom stereocenters. The molecule has 0 fully saturated rings. The molecule has 0 amide bonds. The lowest BCUT2D eigenvalue weighted by Gasteiger charge is -2.08. The van der Waals surface area contributed by atoms with Crippen molar-refractivity contribution in [1.29, 1.82) is 0 Å². The van der Waals surface area contributed by atoms with Gasteiger partial charge in [0, 0.05) is 15.4 Å². The van der Waals surface area contributed by atoms with Gasteiger partial charge in [-0.3, -0.25) is 0 Å². The lowest BCUT2D eigenvalue weighted by Crippen LogP contribution is -2.04. The standard InChI is InChI=1S/C10H10BrN3S2/c1-6(12)7-2-3-9(8(11)4-7)15-10-13-5-14-16-10/h2-6H,12H2,1H3/t6-/m0/s1. The topological polar surface area (TPSA) is 51.8 Å². The van der Waals surface area contributed by atoms with Gasteiger partial charge >= 0.3 is 0 Å². The minimum atomic E-state index is 0.0527. The quantitative estimate of drug-likeness (QED) is 0.942. The summed E-state index contributed by atoms with van der Waals surface area (Å²) >= 11 is 6.53. The summed E-state index contributed by atoms with van der Waals surface area (Å²) in [5.74, 6) is 0. The van der Waals surface area contributed by atoms with E-state index in [4.69, 9.17) is 5.73 Å². The number of benzene rings is 1. The van der Waals surface area contributed by atoms with Crippen LogP contribution in [-0.4, -0.2) is 9.36 Å². The van der Waals surface area contributed by atoms with E-state index in [1.54, 1.807) is 18.1 Å². The maximum Gasteiger partial charge on any atom is 0.174 e. The van der Waals surface area contributed by atoms with Gasteiger partial charge in [0.2, 0.25) is 0 Å². The zero-order valence-electron chi connectivity index (χ0n) is 8.55. The van der Waals surface area contributed by atoms with Crippen molar-refractivity contribution in [2.45, 2.75) is 22.2 Å². The van der Waals surface area contributed by atoms with Crippen LogP contribution in [0, 0.1) is 0 Å². The molecule has 1 aromatic heterocycles. The molecular weight excluding hydrogens is 306 g/mol. The molecule has 0 radical (unpaired) electrons. The molecule has 1 heterocycles. The summed E-state index contributed by atoms with van der Waals surface area (Å²) in [5.41, 5.74) is 6.94. The van der Waals surface area contributed by atoms with Crippen molar-refractivity contribution in [1.82, 2.24) is 9.36 Å². The number of aromatic nitrogens is 2. The summed E-state index contributed by atoms with van der Waals surface area (Å²) in [7, 11) is 0. The maximum atomic E-state index is 5.82. The highest BCUT2D eigenvalue weighted by molar-refractivity contribution is 9.10. The number of nitrogens with zero attached hydrogens (tertiary/aromatic N) is 2. The first-order valence-corrected chi connectivity index (χ1v) is 7.04. The van der Waals surface area contributed by atoms with Gasteiger partial charge in [0.25, 0.3) is 0 Å². The molecule has 2 aromatic rings. The van der Waals surface area contributed by atoms with Crippen LogP contribution in [0.25, 0.3) is 0 Å². The molecule has 84 valence electrons. The van der Waals surface area contributed by atoms with Gasteiger partial charge in [-0.1, -0.05) is 17.8 Å². The zero-order valence-corrected chi connectivity index (χ0v) is 11.8. The van der Waals surface area contributed by atoms with Crippen molar-refractivity contribution < 1.29 is 0 Å². The summed E-state index contributed by atoms with van der Waals surface area (Å²) in [4.78, 5) is 5.26. The van der Waals surface area contributed by atoms with Crippen LogP contribution in [-0.2, 0) is 0 Å². The van der Waals surface area contributed by atoms with E-state index in [-0.39, 0.29) is 6.04 Å². The summed E-state index contributed by atoms with van der Waals surface area (Å²) in [6, 6.07) is 6.19. The first kappa shape index (κ1) is 12.0. The molecule has 0 saturated carbocycles. The monoisotopic (exact) mass is 315 g/mol. The Morgan fingerprint density at radius 2 is 2.31 bits per heavy atom. The van der Waals surface area contributed by atoms with E-state index in [9.17, 15) is 0 Å². The summed E-state index contributed by atoms with van der Waals surface area (Å²) in [6.07, 6.45) is 1.57. The van der Waals surface area contributed by atoms with Gasteiger partial charge in [-0.2, -0.15) is 4.37 Å². The van der Waals surface area contributed by atoms with Gasteiger partial charge in [-0.25, -0.2) is 4.98 Å². The molecule has 2 rings (SSSR count). The average Bonchev–Trinajstić information content (AvgIpc) is 2.73. The fourth-order valence-electron chi connectivity index (χ4n) is 1.19. The second kappa shape index (κ2) is 5.27. The van der Waals surface area contributed by atoms with Crippen molar-refractivity contribution in [3.8, 4) is 0 Å². The summed E-state index contributed by atoms with van der Waals surface area (Å²) in [5, 5.41) is 0. The Kier molecular flexibility index (Phi) is 3.96. The van der Waals surface area contributed by atoms with Crippen LogP contribution < -0.4 is 5.73 Å². The number of halogens is 1. The summed E-state index contributed by atoms with van der Waals surface area (Å²) in [6.45, 7) is 1.97.